The lowest BCUT2D eigenvalue weighted by atomic mass is 10.3. The SMILES string of the molecule is C=C[N+]1=C(CCC)OCC1. The van der Waals surface area contributed by atoms with Crippen LogP contribution in [0.2, 0.25) is 0 Å². The molecule has 0 saturated heterocycles. The largest absolute Gasteiger partial charge is 0.441 e. The first-order valence-electron chi connectivity index (χ1n) is 3.76. The second-order valence-electron chi connectivity index (χ2n) is 2.37. The van der Waals surface area contributed by atoms with Crippen molar-refractivity contribution in [3.63, 3.8) is 0 Å². The van der Waals surface area contributed by atoms with Gasteiger partial charge < -0.3 is 4.74 Å². The van der Waals surface area contributed by atoms with Gasteiger partial charge in [0, 0.05) is 0 Å². The number of nitrogens with zero attached hydrogens (tertiary/aromatic N) is 1. The molecule has 0 aliphatic carbocycles. The molecule has 2 heteroatoms. The maximum absolute atomic E-state index is 5.37. The van der Waals surface area contributed by atoms with Crippen LogP contribution in [0.1, 0.15) is 19.8 Å². The third-order valence-corrected chi connectivity index (χ3v) is 1.61. The van der Waals surface area contributed by atoms with E-state index in [4.69, 9.17) is 4.74 Å². The van der Waals surface area contributed by atoms with Crippen LogP contribution in [0.5, 0.6) is 0 Å². The Kier molecular flexibility index (Phi) is 2.49. The molecule has 1 aliphatic rings. The second kappa shape index (κ2) is 3.40. The van der Waals surface area contributed by atoms with E-state index in [-0.39, 0.29) is 0 Å². The predicted octanol–water partition coefficient (Wildman–Crippen LogP) is 1.37. The number of ether oxygens (including phenoxy) is 1. The molecule has 1 heterocycles. The summed E-state index contributed by atoms with van der Waals surface area (Å²) in [5.41, 5.74) is 0. The summed E-state index contributed by atoms with van der Waals surface area (Å²) in [6.45, 7) is 7.64. The lowest BCUT2D eigenvalue weighted by molar-refractivity contribution is -0.446. The van der Waals surface area contributed by atoms with Crippen molar-refractivity contribution < 1.29 is 9.31 Å². The van der Waals surface area contributed by atoms with Crippen LogP contribution in [0.4, 0.5) is 0 Å². The minimum absolute atomic E-state index is 0.821. The summed E-state index contributed by atoms with van der Waals surface area (Å²) in [7, 11) is 0. The van der Waals surface area contributed by atoms with E-state index in [9.17, 15) is 0 Å². The Bertz CT molecular complexity index is 161. The second-order valence-corrected chi connectivity index (χ2v) is 2.37. The Morgan fingerprint density at radius 3 is 3.20 bits per heavy atom. The Hall–Kier alpha value is -0.790. The molecule has 0 aromatic heterocycles. The van der Waals surface area contributed by atoms with Gasteiger partial charge in [-0.1, -0.05) is 6.92 Å². The normalized spacial score (nSPS) is 17.3. The van der Waals surface area contributed by atoms with Gasteiger partial charge in [0.15, 0.2) is 19.4 Å². The van der Waals surface area contributed by atoms with E-state index in [1.165, 1.54) is 0 Å². The zero-order chi connectivity index (χ0) is 7.40. The summed E-state index contributed by atoms with van der Waals surface area (Å²) in [5, 5.41) is 0. The quantitative estimate of drug-likeness (QED) is 0.539. The summed E-state index contributed by atoms with van der Waals surface area (Å²) < 4.78 is 7.44. The summed E-state index contributed by atoms with van der Waals surface area (Å²) >= 11 is 0. The molecule has 0 bridgehead atoms. The van der Waals surface area contributed by atoms with Gasteiger partial charge in [0.1, 0.15) is 0 Å². The standard InChI is InChI=1S/C8H14NO/c1-3-5-8-9(4-2)6-7-10-8/h4H,2-3,5-7H2,1H3/q+1. The van der Waals surface area contributed by atoms with Crippen LogP contribution in [0.25, 0.3) is 0 Å². The number of rotatable bonds is 3. The van der Waals surface area contributed by atoms with Gasteiger partial charge in [-0.25, -0.2) is 0 Å². The lowest BCUT2D eigenvalue weighted by Gasteiger charge is -1.91. The maximum Gasteiger partial charge on any atom is 0.341 e. The lowest BCUT2D eigenvalue weighted by Crippen LogP contribution is -2.08. The van der Waals surface area contributed by atoms with E-state index in [0.717, 1.165) is 31.9 Å². The molecule has 0 atom stereocenters. The highest BCUT2D eigenvalue weighted by molar-refractivity contribution is 5.71. The van der Waals surface area contributed by atoms with Crippen LogP contribution in [-0.2, 0) is 4.74 Å². The van der Waals surface area contributed by atoms with Crippen LogP contribution in [0.3, 0.4) is 0 Å². The highest BCUT2D eigenvalue weighted by atomic mass is 16.5. The van der Waals surface area contributed by atoms with Gasteiger partial charge in [-0.3, -0.25) is 0 Å². The molecular weight excluding hydrogens is 126 g/mol. The van der Waals surface area contributed by atoms with E-state index in [1.54, 1.807) is 0 Å². The average molecular weight is 140 g/mol. The van der Waals surface area contributed by atoms with Crippen molar-refractivity contribution >= 4 is 5.90 Å². The fourth-order valence-electron chi connectivity index (χ4n) is 1.09. The molecule has 0 unspecified atom stereocenters. The van der Waals surface area contributed by atoms with Gasteiger partial charge in [0.25, 0.3) is 0 Å². The van der Waals surface area contributed by atoms with Gasteiger partial charge in [0.2, 0.25) is 0 Å². The highest BCUT2D eigenvalue weighted by Gasteiger charge is 2.19. The minimum Gasteiger partial charge on any atom is -0.441 e. The molecule has 0 N–H and O–H groups in total. The minimum atomic E-state index is 0.821. The molecular formula is C8H14NO+. The topological polar surface area (TPSA) is 12.2 Å². The Labute approximate surface area is 61.8 Å². The van der Waals surface area contributed by atoms with Gasteiger partial charge in [-0.05, 0) is 13.0 Å². The van der Waals surface area contributed by atoms with E-state index in [0.29, 0.717) is 0 Å². The first-order valence-corrected chi connectivity index (χ1v) is 3.76. The van der Waals surface area contributed by atoms with Crippen LogP contribution < -0.4 is 0 Å². The van der Waals surface area contributed by atoms with Crippen molar-refractivity contribution in [2.45, 2.75) is 19.8 Å². The molecule has 0 aromatic rings. The average Bonchev–Trinajstić information content (AvgIpc) is 2.36. The number of hydrogen-bond acceptors (Lipinski definition) is 1. The first-order chi connectivity index (χ1) is 4.88. The molecule has 2 nitrogen and oxygen atoms in total. The third-order valence-electron chi connectivity index (χ3n) is 1.61. The van der Waals surface area contributed by atoms with Crippen LogP contribution >= 0.6 is 0 Å². The van der Waals surface area contributed by atoms with E-state index in [1.807, 2.05) is 6.20 Å². The summed E-state index contributed by atoms with van der Waals surface area (Å²) in [5.74, 6) is 1.08. The molecule has 10 heavy (non-hydrogen) atoms. The van der Waals surface area contributed by atoms with Crippen LogP contribution in [0.15, 0.2) is 12.8 Å². The molecule has 0 fully saturated rings. The van der Waals surface area contributed by atoms with E-state index in [2.05, 4.69) is 18.1 Å². The van der Waals surface area contributed by atoms with Crippen molar-refractivity contribution in [3.8, 4) is 0 Å². The predicted molar refractivity (Wildman–Crippen MR) is 41.2 cm³/mol. The zero-order valence-corrected chi connectivity index (χ0v) is 6.47. The van der Waals surface area contributed by atoms with Gasteiger partial charge in [-0.2, -0.15) is 4.58 Å². The van der Waals surface area contributed by atoms with E-state index < -0.39 is 0 Å². The van der Waals surface area contributed by atoms with Crippen molar-refractivity contribution in [1.82, 2.24) is 0 Å². The van der Waals surface area contributed by atoms with Crippen molar-refractivity contribution in [1.29, 1.82) is 0 Å². The number of hydrogen-bond donors (Lipinski definition) is 0. The fraction of sp³-hybridized carbons (Fsp3) is 0.625. The molecule has 0 saturated carbocycles. The van der Waals surface area contributed by atoms with Gasteiger partial charge >= 0.3 is 5.90 Å². The summed E-state index contributed by atoms with van der Waals surface area (Å²) in [6, 6.07) is 0. The Morgan fingerprint density at radius 1 is 1.80 bits per heavy atom. The zero-order valence-electron chi connectivity index (χ0n) is 6.47. The molecule has 0 radical (unpaired) electrons. The van der Waals surface area contributed by atoms with Crippen molar-refractivity contribution in [2.75, 3.05) is 13.2 Å². The van der Waals surface area contributed by atoms with E-state index >= 15 is 0 Å². The summed E-state index contributed by atoms with van der Waals surface area (Å²) in [6.07, 6.45) is 4.00. The molecule has 0 aromatic carbocycles. The molecule has 56 valence electrons. The first kappa shape index (κ1) is 7.32. The highest BCUT2D eigenvalue weighted by Crippen LogP contribution is 2.01. The third kappa shape index (κ3) is 1.38. The molecule has 1 aliphatic heterocycles. The Balaban J connectivity index is 2.58. The van der Waals surface area contributed by atoms with Crippen molar-refractivity contribution in [3.05, 3.63) is 12.8 Å². The van der Waals surface area contributed by atoms with Gasteiger partial charge in [-0.15, -0.1) is 0 Å². The molecule has 1 rings (SSSR count). The fourth-order valence-corrected chi connectivity index (χ4v) is 1.09. The van der Waals surface area contributed by atoms with Crippen LogP contribution in [-0.4, -0.2) is 23.6 Å². The van der Waals surface area contributed by atoms with Crippen LogP contribution in [0, 0.1) is 0 Å². The summed E-state index contributed by atoms with van der Waals surface area (Å²) in [4.78, 5) is 0. The Morgan fingerprint density at radius 2 is 2.60 bits per heavy atom. The molecule has 0 amide bonds. The smallest absolute Gasteiger partial charge is 0.341 e. The van der Waals surface area contributed by atoms with Gasteiger partial charge in [0.05, 0.1) is 6.42 Å². The van der Waals surface area contributed by atoms with Crippen molar-refractivity contribution in [2.24, 2.45) is 0 Å². The molecule has 0 spiro atoms. The monoisotopic (exact) mass is 140 g/mol. The maximum atomic E-state index is 5.37.